The largest absolute Gasteiger partial charge is 0.550 e. The standard InChI is InChI=1S/C14H26O2/c1-2-3-4-5-6-7-8-9-10-11-12-13-14(15)16/h3-4H,2,5-13H2,1H3,(H,15,16)/p-1/b4-3+. The molecule has 0 amide bonds. The Morgan fingerprint density at radius 2 is 1.50 bits per heavy atom. The predicted molar refractivity (Wildman–Crippen MR) is 66.0 cm³/mol. The number of unbranched alkanes of at least 4 members (excludes halogenated alkanes) is 7. The summed E-state index contributed by atoms with van der Waals surface area (Å²) in [5.41, 5.74) is 0. The maximum Gasteiger partial charge on any atom is 0.0414 e. The van der Waals surface area contributed by atoms with Crippen molar-refractivity contribution in [3.8, 4) is 0 Å². The normalized spacial score (nSPS) is 11.1. The lowest BCUT2D eigenvalue weighted by Gasteiger charge is -2.02. The number of rotatable bonds is 11. The van der Waals surface area contributed by atoms with Gasteiger partial charge in [0.15, 0.2) is 0 Å². The van der Waals surface area contributed by atoms with Crippen molar-refractivity contribution in [2.75, 3.05) is 0 Å². The maximum atomic E-state index is 10.1. The van der Waals surface area contributed by atoms with E-state index in [4.69, 9.17) is 0 Å². The van der Waals surface area contributed by atoms with Crippen molar-refractivity contribution in [1.82, 2.24) is 0 Å². The van der Waals surface area contributed by atoms with Gasteiger partial charge < -0.3 is 9.90 Å². The highest BCUT2D eigenvalue weighted by Crippen LogP contribution is 2.09. The third kappa shape index (κ3) is 13.2. The first-order chi connectivity index (χ1) is 7.77. The van der Waals surface area contributed by atoms with Gasteiger partial charge in [-0.15, -0.1) is 0 Å². The van der Waals surface area contributed by atoms with E-state index >= 15 is 0 Å². The minimum absolute atomic E-state index is 0.224. The number of hydrogen-bond acceptors (Lipinski definition) is 2. The van der Waals surface area contributed by atoms with Crippen molar-refractivity contribution >= 4 is 5.97 Å². The highest BCUT2D eigenvalue weighted by Gasteiger charge is 1.92. The molecule has 0 heterocycles. The molecule has 0 bridgehead atoms. The van der Waals surface area contributed by atoms with Gasteiger partial charge in [0.2, 0.25) is 0 Å². The first-order valence-electron chi connectivity index (χ1n) is 6.62. The highest BCUT2D eigenvalue weighted by molar-refractivity contribution is 5.63. The molecule has 0 saturated carbocycles. The number of carbonyl (C=O) groups excluding carboxylic acids is 1. The number of hydrogen-bond donors (Lipinski definition) is 0. The Balaban J connectivity index is 2.98. The van der Waals surface area contributed by atoms with E-state index in [1.807, 2.05) is 0 Å². The lowest BCUT2D eigenvalue weighted by Crippen LogP contribution is -2.21. The summed E-state index contributed by atoms with van der Waals surface area (Å²) in [4.78, 5) is 10.1. The van der Waals surface area contributed by atoms with E-state index in [-0.39, 0.29) is 6.42 Å². The minimum atomic E-state index is -0.914. The van der Waals surface area contributed by atoms with Gasteiger partial charge in [0.25, 0.3) is 0 Å². The lowest BCUT2D eigenvalue weighted by atomic mass is 10.1. The van der Waals surface area contributed by atoms with Gasteiger partial charge in [-0.05, 0) is 32.1 Å². The van der Waals surface area contributed by atoms with Crippen LogP contribution in [-0.4, -0.2) is 5.97 Å². The molecule has 0 rings (SSSR count). The van der Waals surface area contributed by atoms with E-state index < -0.39 is 5.97 Å². The van der Waals surface area contributed by atoms with Crippen LogP contribution in [0.3, 0.4) is 0 Å². The minimum Gasteiger partial charge on any atom is -0.550 e. The number of carbonyl (C=O) groups is 1. The number of aliphatic carboxylic acids is 1. The fourth-order valence-corrected chi connectivity index (χ4v) is 1.70. The Morgan fingerprint density at radius 3 is 2.06 bits per heavy atom. The molecule has 0 aromatic rings. The number of carboxylic acid groups (broad SMARTS) is 1. The van der Waals surface area contributed by atoms with Crippen molar-refractivity contribution in [3.05, 3.63) is 12.2 Å². The molecule has 2 nitrogen and oxygen atoms in total. The average Bonchev–Trinajstić information content (AvgIpc) is 2.25. The van der Waals surface area contributed by atoms with Gasteiger partial charge in [-0.1, -0.05) is 51.2 Å². The van der Waals surface area contributed by atoms with Gasteiger partial charge in [0.05, 0.1) is 0 Å². The quantitative estimate of drug-likeness (QED) is 0.400. The van der Waals surface area contributed by atoms with E-state index in [0.717, 1.165) is 25.7 Å². The van der Waals surface area contributed by atoms with Gasteiger partial charge in [0, 0.05) is 5.97 Å². The van der Waals surface area contributed by atoms with Gasteiger partial charge in [-0.25, -0.2) is 0 Å². The molecule has 0 saturated heterocycles. The molecule has 0 aliphatic heterocycles. The van der Waals surface area contributed by atoms with E-state index in [9.17, 15) is 9.90 Å². The zero-order valence-corrected chi connectivity index (χ0v) is 10.5. The predicted octanol–water partition coefficient (Wildman–Crippen LogP) is 3.21. The van der Waals surface area contributed by atoms with Crippen LogP contribution < -0.4 is 5.11 Å². The van der Waals surface area contributed by atoms with Crippen molar-refractivity contribution in [2.24, 2.45) is 0 Å². The first-order valence-corrected chi connectivity index (χ1v) is 6.62. The summed E-state index contributed by atoms with van der Waals surface area (Å²) in [6.07, 6.45) is 15.1. The van der Waals surface area contributed by atoms with Crippen LogP contribution in [0, 0.1) is 0 Å². The van der Waals surface area contributed by atoms with Crippen LogP contribution >= 0.6 is 0 Å². The molecule has 0 aliphatic rings. The molecule has 16 heavy (non-hydrogen) atoms. The van der Waals surface area contributed by atoms with E-state index in [1.54, 1.807) is 0 Å². The van der Waals surface area contributed by atoms with Crippen LogP contribution in [0.2, 0.25) is 0 Å². The summed E-state index contributed by atoms with van der Waals surface area (Å²) >= 11 is 0. The monoisotopic (exact) mass is 225 g/mol. The third-order valence-corrected chi connectivity index (χ3v) is 2.65. The molecule has 0 spiro atoms. The SMILES string of the molecule is CC/C=C/CCCCCCCCCC(=O)[O-]. The van der Waals surface area contributed by atoms with Crippen LogP contribution in [0.1, 0.15) is 71.1 Å². The molecular formula is C14H25O2-. The summed E-state index contributed by atoms with van der Waals surface area (Å²) < 4.78 is 0. The highest BCUT2D eigenvalue weighted by atomic mass is 16.4. The Hall–Kier alpha value is -0.790. The molecule has 0 aromatic heterocycles. The molecule has 0 fully saturated rings. The van der Waals surface area contributed by atoms with Gasteiger partial charge >= 0.3 is 0 Å². The Kier molecular flexibility index (Phi) is 11.7. The fraction of sp³-hybridized carbons (Fsp3) is 0.786. The lowest BCUT2D eigenvalue weighted by molar-refractivity contribution is -0.305. The van der Waals surface area contributed by atoms with Crippen molar-refractivity contribution in [2.45, 2.75) is 71.1 Å². The van der Waals surface area contributed by atoms with Crippen LogP contribution in [-0.2, 0) is 4.79 Å². The van der Waals surface area contributed by atoms with Crippen LogP contribution in [0.15, 0.2) is 12.2 Å². The zero-order chi connectivity index (χ0) is 12.1. The molecule has 0 aromatic carbocycles. The van der Waals surface area contributed by atoms with Crippen molar-refractivity contribution in [3.63, 3.8) is 0 Å². The second-order valence-corrected chi connectivity index (χ2v) is 4.27. The Morgan fingerprint density at radius 1 is 0.938 bits per heavy atom. The molecule has 94 valence electrons. The first kappa shape index (κ1) is 15.2. The van der Waals surface area contributed by atoms with Crippen LogP contribution in [0.4, 0.5) is 0 Å². The van der Waals surface area contributed by atoms with Gasteiger partial charge in [0.1, 0.15) is 0 Å². The summed E-state index contributed by atoms with van der Waals surface area (Å²) in [5.74, 6) is -0.914. The maximum absolute atomic E-state index is 10.1. The van der Waals surface area contributed by atoms with Gasteiger partial charge in [-0.2, -0.15) is 0 Å². The molecule has 2 heteroatoms. The van der Waals surface area contributed by atoms with Crippen molar-refractivity contribution in [1.29, 1.82) is 0 Å². The summed E-state index contributed by atoms with van der Waals surface area (Å²) in [6, 6.07) is 0. The summed E-state index contributed by atoms with van der Waals surface area (Å²) in [5, 5.41) is 10.1. The van der Waals surface area contributed by atoms with Crippen molar-refractivity contribution < 1.29 is 9.90 Å². The van der Waals surface area contributed by atoms with E-state index in [1.165, 1.54) is 32.1 Å². The second kappa shape index (κ2) is 12.3. The Bertz CT molecular complexity index is 185. The number of carboxylic acids is 1. The molecule has 0 unspecified atom stereocenters. The molecule has 0 aliphatic carbocycles. The fourth-order valence-electron chi connectivity index (χ4n) is 1.70. The zero-order valence-electron chi connectivity index (χ0n) is 10.5. The summed E-state index contributed by atoms with van der Waals surface area (Å²) in [6.45, 7) is 2.16. The topological polar surface area (TPSA) is 40.1 Å². The van der Waals surface area contributed by atoms with E-state index in [0.29, 0.717) is 0 Å². The Labute approximate surface area is 99.7 Å². The van der Waals surface area contributed by atoms with Crippen LogP contribution in [0.5, 0.6) is 0 Å². The second-order valence-electron chi connectivity index (χ2n) is 4.27. The smallest absolute Gasteiger partial charge is 0.0414 e. The summed E-state index contributed by atoms with van der Waals surface area (Å²) in [7, 11) is 0. The molecule has 0 atom stereocenters. The van der Waals surface area contributed by atoms with Gasteiger partial charge in [-0.3, -0.25) is 0 Å². The van der Waals surface area contributed by atoms with Crippen LogP contribution in [0.25, 0.3) is 0 Å². The average molecular weight is 225 g/mol. The molecule has 0 N–H and O–H groups in total. The van der Waals surface area contributed by atoms with E-state index in [2.05, 4.69) is 19.1 Å². The molecular weight excluding hydrogens is 200 g/mol. The molecule has 0 radical (unpaired) electrons. The third-order valence-electron chi connectivity index (χ3n) is 2.65. The number of allylic oxidation sites excluding steroid dienone is 2.